The lowest BCUT2D eigenvalue weighted by Crippen LogP contribution is -2.27. The van der Waals surface area contributed by atoms with Crippen LogP contribution in [0.5, 0.6) is 0 Å². The molecule has 1 aliphatic carbocycles. The Kier molecular flexibility index (Phi) is 5.55. The van der Waals surface area contributed by atoms with E-state index in [1.807, 2.05) is 24.3 Å². The molecule has 2 amide bonds. The van der Waals surface area contributed by atoms with Crippen LogP contribution in [0.4, 0.5) is 5.69 Å². The van der Waals surface area contributed by atoms with Crippen molar-refractivity contribution in [1.82, 2.24) is 5.32 Å². The van der Waals surface area contributed by atoms with Crippen molar-refractivity contribution in [1.29, 1.82) is 0 Å². The molecule has 1 aliphatic rings. The predicted octanol–water partition coefficient (Wildman–Crippen LogP) is 2.66. The number of rotatable bonds is 6. The number of carbonyl (C=O) groups is 2. The predicted molar refractivity (Wildman–Crippen MR) is 83.9 cm³/mol. The van der Waals surface area contributed by atoms with Crippen molar-refractivity contribution in [3.63, 3.8) is 0 Å². The van der Waals surface area contributed by atoms with Gasteiger partial charge in [-0.3, -0.25) is 9.59 Å². The maximum Gasteiger partial charge on any atom is 0.221 e. The Morgan fingerprint density at radius 1 is 1.24 bits per heavy atom. The number of allylic oxidation sites excluding steroid dienone is 2. The van der Waals surface area contributed by atoms with Crippen LogP contribution >= 0.6 is 0 Å². The highest BCUT2D eigenvalue weighted by Crippen LogP contribution is 2.19. The van der Waals surface area contributed by atoms with Gasteiger partial charge in [-0.2, -0.15) is 0 Å². The summed E-state index contributed by atoms with van der Waals surface area (Å²) in [5, 5.41) is 5.69. The van der Waals surface area contributed by atoms with Crippen molar-refractivity contribution in [2.45, 2.75) is 32.6 Å². The van der Waals surface area contributed by atoms with Crippen LogP contribution in [-0.2, 0) is 16.0 Å². The highest BCUT2D eigenvalue weighted by molar-refractivity contribution is 5.88. The van der Waals surface area contributed by atoms with Crippen molar-refractivity contribution in [3.8, 4) is 0 Å². The smallest absolute Gasteiger partial charge is 0.221 e. The molecule has 0 spiro atoms. The Balaban J connectivity index is 1.69. The quantitative estimate of drug-likeness (QED) is 0.790. The standard InChI is InChI=1S/C17H22N2O2/c1-13(20)19-16-8-6-14(7-9-16)10-11-18-17(21)12-15-4-2-3-5-15/h2,4,6-9,15H,3,5,10-12H2,1H3,(H,18,21)(H,19,20). The molecule has 4 heteroatoms. The van der Waals surface area contributed by atoms with E-state index in [9.17, 15) is 9.59 Å². The first-order valence-electron chi connectivity index (χ1n) is 7.43. The van der Waals surface area contributed by atoms with E-state index in [4.69, 9.17) is 0 Å². The van der Waals surface area contributed by atoms with Gasteiger partial charge in [-0.1, -0.05) is 24.3 Å². The number of amides is 2. The molecular formula is C17H22N2O2. The molecule has 0 heterocycles. The summed E-state index contributed by atoms with van der Waals surface area (Å²) in [6.07, 6.45) is 7.87. The highest BCUT2D eigenvalue weighted by atomic mass is 16.2. The average Bonchev–Trinajstić information content (AvgIpc) is 2.93. The number of nitrogens with one attached hydrogen (secondary N) is 2. The zero-order chi connectivity index (χ0) is 15.1. The molecule has 0 saturated heterocycles. The molecule has 1 aromatic rings. The summed E-state index contributed by atoms with van der Waals surface area (Å²) >= 11 is 0. The van der Waals surface area contributed by atoms with Crippen molar-refractivity contribution in [3.05, 3.63) is 42.0 Å². The minimum Gasteiger partial charge on any atom is -0.356 e. The second-order valence-electron chi connectivity index (χ2n) is 5.45. The largest absolute Gasteiger partial charge is 0.356 e. The van der Waals surface area contributed by atoms with Crippen LogP contribution < -0.4 is 10.6 Å². The molecule has 21 heavy (non-hydrogen) atoms. The Morgan fingerprint density at radius 2 is 2.00 bits per heavy atom. The van der Waals surface area contributed by atoms with Gasteiger partial charge in [-0.05, 0) is 42.9 Å². The topological polar surface area (TPSA) is 58.2 Å². The average molecular weight is 286 g/mol. The van der Waals surface area contributed by atoms with E-state index >= 15 is 0 Å². The fourth-order valence-corrected chi connectivity index (χ4v) is 2.48. The van der Waals surface area contributed by atoms with E-state index in [1.54, 1.807) is 0 Å². The van der Waals surface area contributed by atoms with Gasteiger partial charge >= 0.3 is 0 Å². The number of hydrogen-bond acceptors (Lipinski definition) is 2. The molecule has 0 fully saturated rings. The minimum atomic E-state index is -0.0732. The molecule has 2 rings (SSSR count). The molecule has 2 N–H and O–H groups in total. The van der Waals surface area contributed by atoms with Crippen LogP contribution in [0.1, 0.15) is 31.7 Å². The molecule has 1 aromatic carbocycles. The van der Waals surface area contributed by atoms with Crippen molar-refractivity contribution >= 4 is 17.5 Å². The monoisotopic (exact) mass is 286 g/mol. The zero-order valence-corrected chi connectivity index (χ0v) is 12.4. The number of benzene rings is 1. The molecule has 112 valence electrons. The third-order valence-electron chi connectivity index (χ3n) is 3.57. The summed E-state index contributed by atoms with van der Waals surface area (Å²) in [4.78, 5) is 22.7. The van der Waals surface area contributed by atoms with E-state index in [2.05, 4.69) is 22.8 Å². The van der Waals surface area contributed by atoms with Crippen LogP contribution in [0.2, 0.25) is 0 Å². The molecule has 0 radical (unpaired) electrons. The zero-order valence-electron chi connectivity index (χ0n) is 12.4. The van der Waals surface area contributed by atoms with E-state index in [1.165, 1.54) is 6.92 Å². The van der Waals surface area contributed by atoms with Crippen LogP contribution in [-0.4, -0.2) is 18.4 Å². The second kappa shape index (κ2) is 7.62. The third kappa shape index (κ3) is 5.42. The van der Waals surface area contributed by atoms with Gasteiger partial charge in [-0.15, -0.1) is 0 Å². The first kappa shape index (κ1) is 15.3. The summed E-state index contributed by atoms with van der Waals surface area (Å²) in [6.45, 7) is 2.14. The lowest BCUT2D eigenvalue weighted by Gasteiger charge is -2.09. The Morgan fingerprint density at radius 3 is 2.62 bits per heavy atom. The van der Waals surface area contributed by atoms with E-state index in [0.29, 0.717) is 18.9 Å². The first-order chi connectivity index (χ1) is 10.1. The first-order valence-corrected chi connectivity index (χ1v) is 7.43. The van der Waals surface area contributed by atoms with Crippen LogP contribution in [0.15, 0.2) is 36.4 Å². The summed E-state index contributed by atoms with van der Waals surface area (Å²) in [5.74, 6) is 0.472. The lowest BCUT2D eigenvalue weighted by atomic mass is 10.0. The van der Waals surface area contributed by atoms with Gasteiger partial charge in [-0.25, -0.2) is 0 Å². The highest BCUT2D eigenvalue weighted by Gasteiger charge is 2.13. The van der Waals surface area contributed by atoms with Gasteiger partial charge in [0.1, 0.15) is 0 Å². The maximum absolute atomic E-state index is 11.8. The fourth-order valence-electron chi connectivity index (χ4n) is 2.48. The van der Waals surface area contributed by atoms with Gasteiger partial charge in [0.2, 0.25) is 11.8 Å². The second-order valence-corrected chi connectivity index (χ2v) is 5.45. The maximum atomic E-state index is 11.8. The Hall–Kier alpha value is -2.10. The summed E-state index contributed by atoms with van der Waals surface area (Å²) < 4.78 is 0. The molecule has 1 unspecified atom stereocenters. The Labute approximate surface area is 125 Å². The van der Waals surface area contributed by atoms with Crippen molar-refractivity contribution < 1.29 is 9.59 Å². The van der Waals surface area contributed by atoms with E-state index in [0.717, 1.165) is 30.5 Å². The normalized spacial score (nSPS) is 16.7. The van der Waals surface area contributed by atoms with E-state index < -0.39 is 0 Å². The molecule has 0 aliphatic heterocycles. The molecule has 1 atom stereocenters. The summed E-state index contributed by atoms with van der Waals surface area (Å²) in [6, 6.07) is 7.69. The number of carbonyl (C=O) groups excluding carboxylic acids is 2. The third-order valence-corrected chi connectivity index (χ3v) is 3.57. The Bertz CT molecular complexity index is 520. The van der Waals surface area contributed by atoms with Crippen LogP contribution in [0.25, 0.3) is 0 Å². The SMILES string of the molecule is CC(=O)Nc1ccc(CCNC(=O)CC2C=CCC2)cc1. The van der Waals surface area contributed by atoms with Crippen molar-refractivity contribution in [2.75, 3.05) is 11.9 Å². The molecule has 0 saturated carbocycles. The fraction of sp³-hybridized carbons (Fsp3) is 0.412. The van der Waals surface area contributed by atoms with Crippen molar-refractivity contribution in [2.24, 2.45) is 5.92 Å². The van der Waals surface area contributed by atoms with Gasteiger partial charge < -0.3 is 10.6 Å². The summed E-state index contributed by atoms with van der Waals surface area (Å²) in [5.41, 5.74) is 1.94. The number of hydrogen-bond donors (Lipinski definition) is 2. The molecule has 0 aromatic heterocycles. The van der Waals surface area contributed by atoms with Crippen LogP contribution in [0.3, 0.4) is 0 Å². The molecular weight excluding hydrogens is 264 g/mol. The summed E-state index contributed by atoms with van der Waals surface area (Å²) in [7, 11) is 0. The molecule has 0 bridgehead atoms. The minimum absolute atomic E-state index is 0.0732. The lowest BCUT2D eigenvalue weighted by molar-refractivity contribution is -0.121. The van der Waals surface area contributed by atoms with Gasteiger partial charge in [0.05, 0.1) is 0 Å². The number of anilines is 1. The van der Waals surface area contributed by atoms with Crippen LogP contribution in [0, 0.1) is 5.92 Å². The van der Waals surface area contributed by atoms with E-state index in [-0.39, 0.29) is 11.8 Å². The molecule has 4 nitrogen and oxygen atoms in total. The van der Waals surface area contributed by atoms with Gasteiger partial charge in [0.25, 0.3) is 0 Å². The van der Waals surface area contributed by atoms with Gasteiger partial charge in [0.15, 0.2) is 0 Å². The van der Waals surface area contributed by atoms with Gasteiger partial charge in [0, 0.05) is 25.6 Å².